The minimum Gasteiger partial charge on any atom is -0.336 e. The average molecular weight is 238 g/mol. The van der Waals surface area contributed by atoms with Crippen LogP contribution in [0, 0.1) is 10.8 Å². The van der Waals surface area contributed by atoms with Crippen molar-refractivity contribution in [3.8, 4) is 0 Å². The number of rotatable bonds is 3. The topological polar surface area (TPSA) is 44.8 Å². The Balaban J connectivity index is 2.71. The molecule has 1 aliphatic heterocycles. The van der Waals surface area contributed by atoms with Crippen LogP contribution in [0.2, 0.25) is 0 Å². The summed E-state index contributed by atoms with van der Waals surface area (Å²) in [6.45, 7) is 7.93. The van der Waals surface area contributed by atoms with Gasteiger partial charge in [0.25, 0.3) is 0 Å². The van der Waals surface area contributed by atoms with Crippen LogP contribution in [0.3, 0.4) is 0 Å². The van der Waals surface area contributed by atoms with Gasteiger partial charge in [0.05, 0.1) is 19.8 Å². The van der Waals surface area contributed by atoms with Gasteiger partial charge in [-0.2, -0.15) is 0 Å². The molecule has 1 aliphatic rings. The van der Waals surface area contributed by atoms with E-state index in [1.807, 2.05) is 0 Å². The van der Waals surface area contributed by atoms with Gasteiger partial charge in [0.15, 0.2) is 9.03 Å². The smallest absolute Gasteiger partial charge is 0.327 e. The summed E-state index contributed by atoms with van der Waals surface area (Å²) >= 11 is 0. The summed E-state index contributed by atoms with van der Waals surface area (Å²) in [4.78, 5) is 0. The van der Waals surface area contributed by atoms with Gasteiger partial charge in [-0.3, -0.25) is 4.52 Å². The molecule has 0 aromatic rings. The maximum absolute atomic E-state index is 10.3. The molecule has 0 spiro atoms. The van der Waals surface area contributed by atoms with Crippen LogP contribution in [0.5, 0.6) is 0 Å². The van der Waals surface area contributed by atoms with Crippen molar-refractivity contribution in [2.24, 2.45) is 10.8 Å². The Morgan fingerprint density at radius 1 is 1.43 bits per heavy atom. The fraction of sp³-hybridized carbons (Fsp3) is 1.00. The summed E-state index contributed by atoms with van der Waals surface area (Å²) in [7, 11) is -0.166. The molecule has 14 heavy (non-hydrogen) atoms. The van der Waals surface area contributed by atoms with Gasteiger partial charge >= 0.3 is 8.69 Å². The summed E-state index contributed by atoms with van der Waals surface area (Å²) in [5.41, 5.74) is -0.196. The van der Waals surface area contributed by atoms with Gasteiger partial charge in [0.1, 0.15) is 0 Å². The van der Waals surface area contributed by atoms with E-state index in [4.69, 9.17) is 13.6 Å². The molecule has 0 N–H and O–H groups in total. The van der Waals surface area contributed by atoms with Crippen LogP contribution < -0.4 is 0 Å². The molecule has 6 heteroatoms. The third-order valence-corrected chi connectivity index (χ3v) is 3.56. The Bertz CT molecular complexity index is 196. The van der Waals surface area contributed by atoms with Crippen LogP contribution in [0.15, 0.2) is 0 Å². The third-order valence-electron chi connectivity index (χ3n) is 2.80. The van der Waals surface area contributed by atoms with E-state index in [9.17, 15) is 4.57 Å². The average Bonchev–Trinajstić information content (AvgIpc) is 2.14. The first-order chi connectivity index (χ1) is 6.52. The molecule has 1 rings (SSSR count). The molecular formula is C8H16O4P2. The van der Waals surface area contributed by atoms with Crippen molar-refractivity contribution in [3.05, 3.63) is 0 Å². The lowest BCUT2D eigenvalue weighted by Gasteiger charge is -2.45. The number of hydrogen-bond acceptors (Lipinski definition) is 4. The van der Waals surface area contributed by atoms with E-state index in [0.29, 0.717) is 19.8 Å². The van der Waals surface area contributed by atoms with E-state index < -0.39 is 0 Å². The molecule has 82 valence electrons. The molecule has 0 bridgehead atoms. The molecular weight excluding hydrogens is 222 g/mol. The lowest BCUT2D eigenvalue weighted by atomic mass is 9.68. The van der Waals surface area contributed by atoms with Crippen LogP contribution in [-0.2, 0) is 18.1 Å². The summed E-state index contributed by atoms with van der Waals surface area (Å²) in [6.07, 6.45) is 0. The fourth-order valence-electron chi connectivity index (χ4n) is 1.30. The van der Waals surface area contributed by atoms with Gasteiger partial charge in [-0.1, -0.05) is 20.8 Å². The first-order valence-corrected chi connectivity index (χ1v) is 6.00. The van der Waals surface area contributed by atoms with Crippen LogP contribution in [0.1, 0.15) is 20.8 Å². The lowest BCUT2D eigenvalue weighted by Crippen LogP contribution is -2.47. The monoisotopic (exact) mass is 238 g/mol. The van der Waals surface area contributed by atoms with Crippen LogP contribution in [0.25, 0.3) is 0 Å². The molecule has 0 aromatic carbocycles. The Kier molecular flexibility index (Phi) is 4.42. The minimum absolute atomic E-state index is 0.00257. The minimum atomic E-state index is -0.283. The molecule has 0 atom stereocenters. The van der Waals surface area contributed by atoms with Gasteiger partial charge in [0, 0.05) is 5.41 Å². The van der Waals surface area contributed by atoms with E-state index in [1.54, 1.807) is 0 Å². The summed E-state index contributed by atoms with van der Waals surface area (Å²) in [5.74, 6) is 0. The Labute approximate surface area is 87.9 Å². The molecule has 0 saturated carbocycles. The molecule has 0 amide bonds. The van der Waals surface area contributed by atoms with Crippen molar-refractivity contribution in [1.29, 1.82) is 0 Å². The highest BCUT2D eigenvalue weighted by atomic mass is 31.1. The Hall–Kier alpha value is 0.410. The SMILES string of the molecule is CC(C)(C)C1(COP=O)COPOC1. The number of hydrogen-bond donors (Lipinski definition) is 0. The van der Waals surface area contributed by atoms with Crippen molar-refractivity contribution in [1.82, 2.24) is 0 Å². The van der Waals surface area contributed by atoms with Crippen molar-refractivity contribution >= 4 is 17.7 Å². The maximum atomic E-state index is 10.3. The molecule has 1 saturated heterocycles. The largest absolute Gasteiger partial charge is 0.336 e. The zero-order chi connectivity index (χ0) is 10.7. The van der Waals surface area contributed by atoms with Crippen molar-refractivity contribution in [2.75, 3.05) is 19.8 Å². The molecule has 0 aliphatic carbocycles. The van der Waals surface area contributed by atoms with Crippen molar-refractivity contribution in [3.63, 3.8) is 0 Å². The molecule has 0 unspecified atom stereocenters. The highest BCUT2D eigenvalue weighted by molar-refractivity contribution is 7.26. The van der Waals surface area contributed by atoms with E-state index in [1.165, 1.54) is 0 Å². The van der Waals surface area contributed by atoms with Crippen LogP contribution >= 0.6 is 17.7 Å². The van der Waals surface area contributed by atoms with E-state index >= 15 is 0 Å². The van der Waals surface area contributed by atoms with Gasteiger partial charge in [-0.15, -0.1) is 0 Å². The van der Waals surface area contributed by atoms with Crippen LogP contribution in [0.4, 0.5) is 0 Å². The Morgan fingerprint density at radius 2 is 2.00 bits per heavy atom. The van der Waals surface area contributed by atoms with Gasteiger partial charge in [0.2, 0.25) is 0 Å². The van der Waals surface area contributed by atoms with Crippen LogP contribution in [-0.4, -0.2) is 19.8 Å². The lowest BCUT2D eigenvalue weighted by molar-refractivity contribution is -0.0662. The van der Waals surface area contributed by atoms with E-state index in [2.05, 4.69) is 20.8 Å². The van der Waals surface area contributed by atoms with E-state index in [-0.39, 0.29) is 28.6 Å². The highest BCUT2D eigenvalue weighted by Crippen LogP contribution is 2.45. The molecule has 4 nitrogen and oxygen atoms in total. The van der Waals surface area contributed by atoms with Gasteiger partial charge < -0.3 is 9.05 Å². The zero-order valence-corrected chi connectivity index (χ0v) is 10.6. The predicted molar refractivity (Wildman–Crippen MR) is 55.7 cm³/mol. The second-order valence-corrected chi connectivity index (χ2v) is 5.69. The zero-order valence-electron chi connectivity index (χ0n) is 8.70. The van der Waals surface area contributed by atoms with E-state index in [0.717, 1.165) is 0 Å². The second-order valence-electron chi connectivity index (χ2n) is 4.54. The summed E-state index contributed by atoms with van der Waals surface area (Å²) in [6, 6.07) is 0. The molecule has 0 aromatic heterocycles. The summed E-state index contributed by atoms with van der Waals surface area (Å²) in [5, 5.41) is 0. The first-order valence-electron chi connectivity index (χ1n) is 4.45. The quantitative estimate of drug-likeness (QED) is 0.709. The van der Waals surface area contributed by atoms with Gasteiger partial charge in [-0.25, -0.2) is 4.57 Å². The standard InChI is InChI=1S/C8H16O4P2/c1-7(2,3)8(4-10-13-9)5-11-14-12-6-8/h14H,4-6H2,1-3H3. The summed E-state index contributed by atoms with van der Waals surface area (Å²) < 4.78 is 25.9. The molecule has 1 fully saturated rings. The third kappa shape index (κ3) is 2.71. The van der Waals surface area contributed by atoms with Crippen molar-refractivity contribution in [2.45, 2.75) is 20.8 Å². The highest BCUT2D eigenvalue weighted by Gasteiger charge is 2.45. The molecule has 0 radical (unpaired) electrons. The van der Waals surface area contributed by atoms with Gasteiger partial charge in [-0.05, 0) is 5.41 Å². The maximum Gasteiger partial charge on any atom is 0.327 e. The fourth-order valence-corrected chi connectivity index (χ4v) is 2.35. The normalized spacial score (nSPS) is 31.1. The van der Waals surface area contributed by atoms with Crippen molar-refractivity contribution < 1.29 is 18.1 Å². The second kappa shape index (κ2) is 4.96. The Morgan fingerprint density at radius 3 is 2.43 bits per heavy atom. The predicted octanol–water partition coefficient (Wildman–Crippen LogP) is 2.80. The first kappa shape index (κ1) is 12.5. The molecule has 1 heterocycles.